The number of rotatable bonds is 6. The Morgan fingerprint density at radius 1 is 1.33 bits per heavy atom. The minimum Gasteiger partial charge on any atom is -0.478 e. The number of hydrogen-bond acceptors (Lipinski definition) is 5. The van der Waals surface area contributed by atoms with Gasteiger partial charge in [-0.3, -0.25) is 0 Å². The lowest BCUT2D eigenvalue weighted by Gasteiger charge is -2.10. The van der Waals surface area contributed by atoms with E-state index in [9.17, 15) is 19.2 Å². The molecule has 0 atom stereocenters. The van der Waals surface area contributed by atoms with Crippen LogP contribution in [0.2, 0.25) is 0 Å². The zero-order valence-corrected chi connectivity index (χ0v) is 11.4. The number of ether oxygens (including phenoxy) is 1. The summed E-state index contributed by atoms with van der Waals surface area (Å²) in [6.45, 7) is 4.71. The summed E-state index contributed by atoms with van der Waals surface area (Å²) in [6.07, 6.45) is 0.954. The highest BCUT2D eigenvalue weighted by molar-refractivity contribution is 6.08. The van der Waals surface area contributed by atoms with Gasteiger partial charge in [-0.1, -0.05) is 18.7 Å². The van der Waals surface area contributed by atoms with Gasteiger partial charge in [-0.15, -0.1) is 0 Å². The summed E-state index contributed by atoms with van der Waals surface area (Å²) in [5.41, 5.74) is -0.147. The summed E-state index contributed by atoms with van der Waals surface area (Å²) >= 11 is 0. The molecule has 0 aliphatic carbocycles. The van der Waals surface area contributed by atoms with Crippen LogP contribution in [-0.2, 0) is 20.7 Å². The molecule has 0 heterocycles. The van der Waals surface area contributed by atoms with Crippen LogP contribution in [0, 0.1) is 0 Å². The van der Waals surface area contributed by atoms with Gasteiger partial charge in [0.2, 0.25) is 0 Å². The van der Waals surface area contributed by atoms with Gasteiger partial charge >= 0.3 is 17.9 Å². The SMILES string of the molecule is C=C(C)C(=O)OC(=O)c1c(CCC=O)cccc1C(=O)O. The number of aryl methyl sites for hydroxylation is 1. The molecule has 0 aliphatic heterocycles. The fraction of sp³-hybridized carbons (Fsp3) is 0.200. The third-order valence-corrected chi connectivity index (χ3v) is 2.65. The van der Waals surface area contributed by atoms with Crippen molar-refractivity contribution in [3.63, 3.8) is 0 Å². The molecule has 110 valence electrons. The van der Waals surface area contributed by atoms with Crippen LogP contribution in [0.25, 0.3) is 0 Å². The summed E-state index contributed by atoms with van der Waals surface area (Å²) in [4.78, 5) is 45.1. The number of carbonyl (C=O) groups is 4. The van der Waals surface area contributed by atoms with Crippen molar-refractivity contribution in [3.8, 4) is 0 Å². The number of benzene rings is 1. The highest BCUT2D eigenvalue weighted by Crippen LogP contribution is 2.18. The Balaban J connectivity index is 3.25. The first-order valence-corrected chi connectivity index (χ1v) is 6.09. The average molecular weight is 290 g/mol. The summed E-state index contributed by atoms with van der Waals surface area (Å²) in [5.74, 6) is -3.32. The van der Waals surface area contributed by atoms with Gasteiger partial charge < -0.3 is 14.6 Å². The highest BCUT2D eigenvalue weighted by Gasteiger charge is 2.23. The Hall–Kier alpha value is -2.76. The fourth-order valence-corrected chi connectivity index (χ4v) is 1.66. The van der Waals surface area contributed by atoms with Crippen LogP contribution >= 0.6 is 0 Å². The van der Waals surface area contributed by atoms with Crippen molar-refractivity contribution >= 4 is 24.2 Å². The number of carboxylic acid groups (broad SMARTS) is 1. The van der Waals surface area contributed by atoms with Gasteiger partial charge in [0.05, 0.1) is 11.1 Å². The van der Waals surface area contributed by atoms with E-state index in [1.54, 1.807) is 0 Å². The van der Waals surface area contributed by atoms with Gasteiger partial charge in [0.15, 0.2) is 0 Å². The second kappa shape index (κ2) is 7.14. The first-order valence-electron chi connectivity index (χ1n) is 6.09. The Bertz CT molecular complexity index is 615. The van der Waals surface area contributed by atoms with E-state index in [0.717, 1.165) is 0 Å². The Labute approximate surface area is 121 Å². The van der Waals surface area contributed by atoms with E-state index in [0.29, 0.717) is 11.8 Å². The maximum atomic E-state index is 12.0. The average Bonchev–Trinajstić information content (AvgIpc) is 2.44. The standard InChI is InChI=1S/C15H14O6/c1-9(2)14(19)21-15(20)12-10(6-4-8-16)5-3-7-11(12)13(17)18/h3,5,7-8H,1,4,6H2,2H3,(H,17,18). The van der Waals surface area contributed by atoms with E-state index in [2.05, 4.69) is 11.3 Å². The third-order valence-electron chi connectivity index (χ3n) is 2.65. The molecule has 1 rings (SSSR count). The van der Waals surface area contributed by atoms with Crippen LogP contribution in [0.1, 0.15) is 39.6 Å². The topological polar surface area (TPSA) is 97.7 Å². The van der Waals surface area contributed by atoms with E-state index in [1.807, 2.05) is 0 Å². The second-order valence-electron chi connectivity index (χ2n) is 4.31. The molecule has 1 aromatic rings. The molecule has 6 heteroatoms. The maximum absolute atomic E-state index is 12.0. The maximum Gasteiger partial charge on any atom is 0.347 e. The molecule has 1 aromatic carbocycles. The lowest BCUT2D eigenvalue weighted by Crippen LogP contribution is -2.18. The van der Waals surface area contributed by atoms with Crippen LogP contribution < -0.4 is 0 Å². The number of aromatic carboxylic acids is 1. The first-order chi connectivity index (χ1) is 9.88. The minimum atomic E-state index is -1.32. The predicted octanol–water partition coefficient (Wildman–Crippen LogP) is 1.78. The van der Waals surface area contributed by atoms with Crippen molar-refractivity contribution < 1.29 is 29.0 Å². The first kappa shape index (κ1) is 16.3. The number of hydrogen-bond donors (Lipinski definition) is 1. The molecule has 0 radical (unpaired) electrons. The zero-order chi connectivity index (χ0) is 16.0. The normalized spacial score (nSPS) is 9.76. The fourth-order valence-electron chi connectivity index (χ4n) is 1.66. The summed E-state index contributed by atoms with van der Waals surface area (Å²) < 4.78 is 4.58. The summed E-state index contributed by atoms with van der Waals surface area (Å²) in [5, 5.41) is 9.13. The molecule has 0 fully saturated rings. The lowest BCUT2D eigenvalue weighted by atomic mass is 9.98. The molecular formula is C15H14O6. The quantitative estimate of drug-likeness (QED) is 0.371. The zero-order valence-electron chi connectivity index (χ0n) is 11.4. The number of aldehydes is 1. The van der Waals surface area contributed by atoms with Crippen LogP contribution in [0.5, 0.6) is 0 Å². The largest absolute Gasteiger partial charge is 0.478 e. The van der Waals surface area contributed by atoms with Crippen molar-refractivity contribution in [2.75, 3.05) is 0 Å². The summed E-state index contributed by atoms with van der Waals surface area (Å²) in [6, 6.07) is 4.20. The third kappa shape index (κ3) is 4.10. The van der Waals surface area contributed by atoms with E-state index in [4.69, 9.17) is 5.11 Å². The molecule has 0 amide bonds. The van der Waals surface area contributed by atoms with Gasteiger partial charge in [0, 0.05) is 12.0 Å². The number of carbonyl (C=O) groups excluding carboxylic acids is 3. The van der Waals surface area contributed by atoms with Crippen molar-refractivity contribution in [3.05, 3.63) is 47.0 Å². The van der Waals surface area contributed by atoms with E-state index in [1.165, 1.54) is 25.1 Å². The number of carboxylic acids is 1. The molecule has 21 heavy (non-hydrogen) atoms. The van der Waals surface area contributed by atoms with Crippen LogP contribution in [-0.4, -0.2) is 29.3 Å². The van der Waals surface area contributed by atoms with Gasteiger partial charge in [0.25, 0.3) is 0 Å². The molecule has 0 aliphatic rings. The second-order valence-corrected chi connectivity index (χ2v) is 4.31. The van der Waals surface area contributed by atoms with Crippen molar-refractivity contribution in [1.29, 1.82) is 0 Å². The van der Waals surface area contributed by atoms with Gasteiger partial charge in [-0.2, -0.15) is 0 Å². The van der Waals surface area contributed by atoms with Crippen molar-refractivity contribution in [1.82, 2.24) is 0 Å². The smallest absolute Gasteiger partial charge is 0.347 e. The van der Waals surface area contributed by atoms with Gasteiger partial charge in [-0.25, -0.2) is 14.4 Å². The number of esters is 2. The molecule has 0 unspecified atom stereocenters. The lowest BCUT2D eigenvalue weighted by molar-refractivity contribution is -0.133. The molecule has 1 N–H and O–H groups in total. The molecule has 6 nitrogen and oxygen atoms in total. The molecule has 0 saturated carbocycles. The molecule has 0 spiro atoms. The Kier molecular flexibility index (Phi) is 5.54. The van der Waals surface area contributed by atoms with Crippen LogP contribution in [0.15, 0.2) is 30.4 Å². The van der Waals surface area contributed by atoms with Gasteiger partial charge in [0.1, 0.15) is 6.29 Å². The highest BCUT2D eigenvalue weighted by atomic mass is 16.6. The van der Waals surface area contributed by atoms with Crippen molar-refractivity contribution in [2.24, 2.45) is 0 Å². The van der Waals surface area contributed by atoms with Gasteiger partial charge in [-0.05, 0) is 25.0 Å². The molecular weight excluding hydrogens is 276 g/mol. The summed E-state index contributed by atoms with van der Waals surface area (Å²) in [7, 11) is 0. The Morgan fingerprint density at radius 3 is 2.52 bits per heavy atom. The van der Waals surface area contributed by atoms with Crippen LogP contribution in [0.4, 0.5) is 0 Å². The van der Waals surface area contributed by atoms with E-state index >= 15 is 0 Å². The molecule has 0 bridgehead atoms. The van der Waals surface area contributed by atoms with E-state index < -0.39 is 17.9 Å². The monoisotopic (exact) mass is 290 g/mol. The predicted molar refractivity (Wildman–Crippen MR) is 73.0 cm³/mol. The van der Waals surface area contributed by atoms with Crippen molar-refractivity contribution in [2.45, 2.75) is 19.8 Å². The Morgan fingerprint density at radius 2 is 2.00 bits per heavy atom. The minimum absolute atomic E-state index is 0.0191. The molecule has 0 aromatic heterocycles. The van der Waals surface area contributed by atoms with Crippen LogP contribution in [0.3, 0.4) is 0 Å². The molecule has 0 saturated heterocycles. The van der Waals surface area contributed by atoms with E-state index in [-0.39, 0.29) is 29.5 Å².